The van der Waals surface area contributed by atoms with E-state index in [0.29, 0.717) is 11.3 Å². The van der Waals surface area contributed by atoms with Gasteiger partial charge in [-0.05, 0) is 29.8 Å². The lowest BCUT2D eigenvalue weighted by molar-refractivity contribution is -0.384. The highest BCUT2D eigenvalue weighted by atomic mass is 16.6. The number of Topliss-reactive ketones (excluding diaryl/α,β-unsaturated/α-hetero) is 1. The molecule has 9 nitrogen and oxygen atoms in total. The first-order valence-corrected chi connectivity index (χ1v) is 8.93. The van der Waals surface area contributed by atoms with Crippen molar-refractivity contribution >= 4 is 23.1 Å². The van der Waals surface area contributed by atoms with Crippen LogP contribution in [0, 0.1) is 10.1 Å². The lowest BCUT2D eigenvalue weighted by Crippen LogP contribution is -2.29. The van der Waals surface area contributed by atoms with E-state index in [4.69, 9.17) is 4.42 Å². The summed E-state index contributed by atoms with van der Waals surface area (Å²) in [7, 11) is 0. The number of carbonyl (C=O) groups is 2. The van der Waals surface area contributed by atoms with Gasteiger partial charge in [-0.1, -0.05) is 12.1 Å². The Hall–Kier alpha value is -4.27. The van der Waals surface area contributed by atoms with Crippen molar-refractivity contribution in [2.75, 3.05) is 0 Å². The minimum atomic E-state index is -0.905. The number of aromatic nitrogens is 1. The number of hydrogen-bond acceptors (Lipinski definition) is 7. The summed E-state index contributed by atoms with van der Waals surface area (Å²) in [5.74, 6) is -1.71. The Morgan fingerprint density at radius 2 is 1.93 bits per heavy atom. The van der Waals surface area contributed by atoms with Crippen LogP contribution in [0.2, 0.25) is 0 Å². The quantitative estimate of drug-likeness (QED) is 0.227. The molecule has 1 aliphatic heterocycles. The summed E-state index contributed by atoms with van der Waals surface area (Å²) in [6, 6.07) is 10.9. The van der Waals surface area contributed by atoms with E-state index in [0.717, 1.165) is 6.07 Å². The summed E-state index contributed by atoms with van der Waals surface area (Å²) in [5, 5.41) is 22.0. The third-order valence-electron chi connectivity index (χ3n) is 4.80. The van der Waals surface area contributed by atoms with E-state index in [1.807, 2.05) is 0 Å². The highest BCUT2D eigenvalue weighted by Gasteiger charge is 2.46. The molecular weight excluding hydrogens is 390 g/mol. The standard InChI is InChI=1S/C21H15N3O6/c25-19(14-3-1-4-15(11-14)24(28)29)17-18(13-6-8-22-9-7-13)23(21(27)20(17)26)12-16-5-2-10-30-16/h1-11,18,25H,12H2/b19-17-. The predicted octanol–water partition coefficient (Wildman–Crippen LogP) is 3.20. The largest absolute Gasteiger partial charge is 0.507 e. The van der Waals surface area contributed by atoms with Crippen LogP contribution < -0.4 is 0 Å². The van der Waals surface area contributed by atoms with Crippen LogP contribution in [-0.2, 0) is 16.1 Å². The minimum Gasteiger partial charge on any atom is -0.507 e. The Balaban J connectivity index is 1.87. The van der Waals surface area contributed by atoms with E-state index in [9.17, 15) is 24.8 Å². The van der Waals surface area contributed by atoms with Gasteiger partial charge < -0.3 is 14.4 Å². The molecule has 0 saturated carbocycles. The fraction of sp³-hybridized carbons (Fsp3) is 0.0952. The Labute approximate surface area is 170 Å². The molecule has 150 valence electrons. The number of amides is 1. The average molecular weight is 405 g/mol. The second-order valence-corrected chi connectivity index (χ2v) is 6.59. The smallest absolute Gasteiger partial charge is 0.296 e. The van der Waals surface area contributed by atoms with Crippen molar-refractivity contribution in [1.82, 2.24) is 9.88 Å². The number of carbonyl (C=O) groups excluding carboxylic acids is 2. The van der Waals surface area contributed by atoms with E-state index >= 15 is 0 Å². The van der Waals surface area contributed by atoms with E-state index in [1.54, 1.807) is 24.3 Å². The first kappa shape index (κ1) is 19.1. The van der Waals surface area contributed by atoms with Crippen LogP contribution in [0.4, 0.5) is 5.69 Å². The molecule has 3 aromatic rings. The summed E-state index contributed by atoms with van der Waals surface area (Å²) < 4.78 is 5.31. The number of rotatable bonds is 5. The van der Waals surface area contributed by atoms with Gasteiger partial charge in [0.05, 0.1) is 29.3 Å². The van der Waals surface area contributed by atoms with Crippen LogP contribution in [0.25, 0.3) is 5.76 Å². The highest BCUT2D eigenvalue weighted by molar-refractivity contribution is 6.46. The number of benzene rings is 1. The molecule has 1 atom stereocenters. The second kappa shape index (κ2) is 7.63. The monoisotopic (exact) mass is 405 g/mol. The summed E-state index contributed by atoms with van der Waals surface area (Å²) in [6.07, 6.45) is 4.47. The molecule has 0 radical (unpaired) electrons. The van der Waals surface area contributed by atoms with Crippen molar-refractivity contribution in [2.45, 2.75) is 12.6 Å². The normalized spacial score (nSPS) is 18.0. The molecule has 0 bridgehead atoms. The number of nitro groups is 1. The molecule has 0 spiro atoms. The summed E-state index contributed by atoms with van der Waals surface area (Å²) in [6.45, 7) is 0.0102. The number of likely N-dealkylation sites (tertiary alicyclic amines) is 1. The summed E-state index contributed by atoms with van der Waals surface area (Å²) in [4.78, 5) is 41.4. The van der Waals surface area contributed by atoms with Gasteiger partial charge in [-0.25, -0.2) is 0 Å². The van der Waals surface area contributed by atoms with Crippen molar-refractivity contribution < 1.29 is 24.0 Å². The van der Waals surface area contributed by atoms with Crippen LogP contribution in [0.15, 0.2) is 77.2 Å². The van der Waals surface area contributed by atoms with Crippen LogP contribution in [0.1, 0.15) is 22.9 Å². The first-order valence-electron chi connectivity index (χ1n) is 8.93. The molecule has 9 heteroatoms. The van der Waals surface area contributed by atoms with E-state index in [-0.39, 0.29) is 23.4 Å². The zero-order valence-corrected chi connectivity index (χ0v) is 15.5. The van der Waals surface area contributed by atoms with E-state index < -0.39 is 28.4 Å². The van der Waals surface area contributed by atoms with Crippen molar-refractivity contribution in [3.05, 3.63) is 99.8 Å². The second-order valence-electron chi connectivity index (χ2n) is 6.59. The van der Waals surface area contributed by atoms with Gasteiger partial charge in [0.2, 0.25) is 0 Å². The molecule has 1 unspecified atom stereocenters. The third-order valence-corrected chi connectivity index (χ3v) is 4.80. The molecule has 1 saturated heterocycles. The van der Waals surface area contributed by atoms with Crippen LogP contribution >= 0.6 is 0 Å². The maximum Gasteiger partial charge on any atom is 0.296 e. The molecule has 1 fully saturated rings. The fourth-order valence-corrected chi connectivity index (χ4v) is 3.43. The van der Waals surface area contributed by atoms with E-state index in [1.165, 1.54) is 41.8 Å². The van der Waals surface area contributed by atoms with Crippen LogP contribution in [0.3, 0.4) is 0 Å². The van der Waals surface area contributed by atoms with Gasteiger partial charge in [0.25, 0.3) is 17.4 Å². The predicted molar refractivity (Wildman–Crippen MR) is 104 cm³/mol. The highest BCUT2D eigenvalue weighted by Crippen LogP contribution is 2.40. The van der Waals surface area contributed by atoms with Gasteiger partial charge in [-0.2, -0.15) is 0 Å². The number of non-ortho nitro benzene ring substituents is 1. The molecule has 2 aromatic heterocycles. The van der Waals surface area contributed by atoms with Gasteiger partial charge in [0.1, 0.15) is 11.5 Å². The minimum absolute atomic E-state index is 0.0102. The van der Waals surface area contributed by atoms with E-state index in [2.05, 4.69) is 4.98 Å². The van der Waals surface area contributed by atoms with Crippen LogP contribution in [0.5, 0.6) is 0 Å². The number of nitrogens with zero attached hydrogens (tertiary/aromatic N) is 3. The Morgan fingerprint density at radius 1 is 1.17 bits per heavy atom. The molecule has 3 heterocycles. The Kier molecular flexibility index (Phi) is 4.85. The molecule has 1 amide bonds. The number of hydrogen-bond donors (Lipinski definition) is 1. The lowest BCUT2D eigenvalue weighted by atomic mass is 9.96. The zero-order chi connectivity index (χ0) is 21.3. The molecule has 4 rings (SSSR count). The number of nitro benzene ring substituents is 1. The molecule has 1 aliphatic rings. The maximum absolute atomic E-state index is 12.9. The molecule has 30 heavy (non-hydrogen) atoms. The van der Waals surface area contributed by atoms with Gasteiger partial charge in [-0.15, -0.1) is 0 Å². The number of ketones is 1. The number of aliphatic hydroxyl groups excluding tert-OH is 1. The molecular formula is C21H15N3O6. The Bertz CT molecular complexity index is 1150. The summed E-state index contributed by atoms with van der Waals surface area (Å²) >= 11 is 0. The number of furan rings is 1. The molecule has 1 N–H and O–H groups in total. The van der Waals surface area contributed by atoms with Gasteiger partial charge in [0, 0.05) is 30.1 Å². The van der Waals surface area contributed by atoms with Crippen molar-refractivity contribution in [3.8, 4) is 0 Å². The molecule has 1 aromatic carbocycles. The first-order chi connectivity index (χ1) is 14.5. The average Bonchev–Trinajstić information content (AvgIpc) is 3.36. The van der Waals surface area contributed by atoms with Crippen molar-refractivity contribution in [1.29, 1.82) is 0 Å². The Morgan fingerprint density at radius 3 is 2.60 bits per heavy atom. The lowest BCUT2D eigenvalue weighted by Gasteiger charge is -2.24. The fourth-order valence-electron chi connectivity index (χ4n) is 3.43. The number of pyridine rings is 1. The number of aliphatic hydroxyl groups is 1. The SMILES string of the molecule is O=C1C(=O)N(Cc2ccco2)C(c2ccncc2)/C1=C(/O)c1cccc([N+](=O)[O-])c1. The maximum atomic E-state index is 12.9. The molecule has 0 aliphatic carbocycles. The van der Waals surface area contributed by atoms with Crippen molar-refractivity contribution in [2.24, 2.45) is 0 Å². The zero-order valence-electron chi connectivity index (χ0n) is 15.5. The summed E-state index contributed by atoms with van der Waals surface area (Å²) in [5.41, 5.74) is 0.226. The topological polar surface area (TPSA) is 127 Å². The van der Waals surface area contributed by atoms with Gasteiger partial charge in [-0.3, -0.25) is 24.7 Å². The van der Waals surface area contributed by atoms with Crippen molar-refractivity contribution in [3.63, 3.8) is 0 Å². The van der Waals surface area contributed by atoms with Gasteiger partial charge >= 0.3 is 0 Å². The van der Waals surface area contributed by atoms with Gasteiger partial charge in [0.15, 0.2) is 0 Å². The third kappa shape index (κ3) is 3.32. The van der Waals surface area contributed by atoms with Crippen LogP contribution in [-0.4, -0.2) is 31.6 Å².